The van der Waals surface area contributed by atoms with Crippen LogP contribution in [0.2, 0.25) is 0 Å². The van der Waals surface area contributed by atoms with Gasteiger partial charge in [0.1, 0.15) is 6.54 Å². The predicted molar refractivity (Wildman–Crippen MR) is 77.4 cm³/mol. The number of likely N-dealkylation sites (N-methyl/N-ethyl adjacent to an activating group) is 1. The maximum Gasteiger partial charge on any atom is 0.312 e. The second kappa shape index (κ2) is 6.89. The molecule has 0 bridgehead atoms. The number of carbonyl (C=O) groups excluding carboxylic acids is 3. The molecule has 0 aromatic rings. The van der Waals surface area contributed by atoms with E-state index in [0.717, 1.165) is 19.5 Å². The fourth-order valence-electron chi connectivity index (χ4n) is 2.78. The van der Waals surface area contributed by atoms with Gasteiger partial charge in [-0.15, -0.1) is 0 Å². The number of piperazine rings is 1. The molecule has 0 radical (unpaired) electrons. The highest BCUT2D eigenvalue weighted by Crippen LogP contribution is 2.11. The normalized spacial score (nSPS) is 27.0. The largest absolute Gasteiger partial charge is 0.350 e. The van der Waals surface area contributed by atoms with E-state index < -0.39 is 11.8 Å². The van der Waals surface area contributed by atoms with Gasteiger partial charge in [0.05, 0.1) is 0 Å². The molecule has 0 aromatic heterocycles. The van der Waals surface area contributed by atoms with Crippen molar-refractivity contribution in [2.24, 2.45) is 5.92 Å². The molecule has 2 aliphatic rings. The van der Waals surface area contributed by atoms with Gasteiger partial charge in [0.25, 0.3) is 0 Å². The molecule has 2 N–H and O–H groups in total. The van der Waals surface area contributed by atoms with Crippen molar-refractivity contribution in [3.8, 4) is 0 Å². The third kappa shape index (κ3) is 3.72. The zero-order valence-corrected chi connectivity index (χ0v) is 12.7. The molecule has 0 saturated carbocycles. The molecule has 2 atom stereocenters. The van der Waals surface area contributed by atoms with E-state index in [1.54, 1.807) is 0 Å². The number of carbonyl (C=O) groups is 3. The molecule has 2 fully saturated rings. The van der Waals surface area contributed by atoms with Crippen LogP contribution in [0.3, 0.4) is 0 Å². The van der Waals surface area contributed by atoms with Gasteiger partial charge in [0, 0.05) is 32.2 Å². The van der Waals surface area contributed by atoms with Crippen LogP contribution in [-0.4, -0.2) is 72.8 Å². The number of nitrogens with zero attached hydrogens (tertiary/aromatic N) is 2. The van der Waals surface area contributed by atoms with E-state index in [1.807, 2.05) is 6.92 Å². The number of nitrogens with one attached hydrogen (secondary N) is 2. The van der Waals surface area contributed by atoms with Crippen molar-refractivity contribution in [1.29, 1.82) is 0 Å². The Morgan fingerprint density at radius 1 is 1.29 bits per heavy atom. The Balaban J connectivity index is 1.85. The van der Waals surface area contributed by atoms with Gasteiger partial charge in [-0.25, -0.2) is 0 Å². The standard InChI is InChI=1S/C14H24N4O3/c1-3-17-6-7-18(14(21)13(17)20)9-12(19)16-11-8-15-5-4-10(11)2/h10-11,15H,3-9H2,1-2H3,(H,16,19). The molecule has 7 heteroatoms. The van der Waals surface area contributed by atoms with E-state index in [-0.39, 0.29) is 18.5 Å². The Hall–Kier alpha value is -1.63. The molecule has 2 rings (SSSR count). The summed E-state index contributed by atoms with van der Waals surface area (Å²) in [5.74, 6) is -0.858. The van der Waals surface area contributed by atoms with Gasteiger partial charge in [-0.2, -0.15) is 0 Å². The van der Waals surface area contributed by atoms with Crippen LogP contribution in [0.5, 0.6) is 0 Å². The minimum Gasteiger partial charge on any atom is -0.350 e. The quantitative estimate of drug-likeness (QED) is 0.638. The summed E-state index contributed by atoms with van der Waals surface area (Å²) in [4.78, 5) is 38.6. The van der Waals surface area contributed by atoms with Crippen molar-refractivity contribution in [1.82, 2.24) is 20.4 Å². The van der Waals surface area contributed by atoms with Gasteiger partial charge >= 0.3 is 11.8 Å². The van der Waals surface area contributed by atoms with Crippen molar-refractivity contribution >= 4 is 17.7 Å². The van der Waals surface area contributed by atoms with Crippen LogP contribution in [0.1, 0.15) is 20.3 Å². The second-order valence-corrected chi connectivity index (χ2v) is 5.76. The van der Waals surface area contributed by atoms with Crippen LogP contribution in [0, 0.1) is 5.92 Å². The fraction of sp³-hybridized carbons (Fsp3) is 0.786. The van der Waals surface area contributed by atoms with Crippen LogP contribution in [0.25, 0.3) is 0 Å². The topological polar surface area (TPSA) is 81.8 Å². The summed E-state index contributed by atoms with van der Waals surface area (Å²) in [6, 6.07) is 0.0917. The Morgan fingerprint density at radius 3 is 2.62 bits per heavy atom. The third-order valence-electron chi connectivity index (χ3n) is 4.29. The lowest BCUT2D eigenvalue weighted by Gasteiger charge is -2.34. The van der Waals surface area contributed by atoms with Crippen LogP contribution >= 0.6 is 0 Å². The number of piperidine rings is 1. The lowest BCUT2D eigenvalue weighted by molar-refractivity contribution is -0.156. The zero-order valence-electron chi connectivity index (χ0n) is 12.7. The first-order valence-corrected chi connectivity index (χ1v) is 7.61. The van der Waals surface area contributed by atoms with Crippen molar-refractivity contribution in [3.63, 3.8) is 0 Å². The Morgan fingerprint density at radius 2 is 1.95 bits per heavy atom. The Kier molecular flexibility index (Phi) is 5.17. The lowest BCUT2D eigenvalue weighted by atomic mass is 9.95. The average molecular weight is 296 g/mol. The van der Waals surface area contributed by atoms with Gasteiger partial charge in [0.2, 0.25) is 5.91 Å². The lowest BCUT2D eigenvalue weighted by Crippen LogP contribution is -2.58. The number of rotatable bonds is 4. The predicted octanol–water partition coefficient (Wildman–Crippen LogP) is -1.21. The highest BCUT2D eigenvalue weighted by Gasteiger charge is 2.33. The molecule has 0 spiro atoms. The van der Waals surface area contributed by atoms with E-state index in [9.17, 15) is 14.4 Å². The van der Waals surface area contributed by atoms with Gasteiger partial charge in [-0.05, 0) is 25.8 Å². The van der Waals surface area contributed by atoms with Crippen molar-refractivity contribution in [2.75, 3.05) is 39.3 Å². The summed E-state index contributed by atoms with van der Waals surface area (Å²) < 4.78 is 0. The van der Waals surface area contributed by atoms with Crippen LogP contribution < -0.4 is 10.6 Å². The first kappa shape index (κ1) is 15.8. The van der Waals surface area contributed by atoms with Gasteiger partial charge < -0.3 is 20.4 Å². The Labute approximate surface area is 125 Å². The SMILES string of the molecule is CCN1CCN(CC(=O)NC2CNCCC2C)C(=O)C1=O. The number of amides is 3. The van der Waals surface area contributed by atoms with E-state index in [4.69, 9.17) is 0 Å². The Bertz CT molecular complexity index is 426. The minimum absolute atomic E-state index is 0.0364. The van der Waals surface area contributed by atoms with E-state index in [1.165, 1.54) is 9.80 Å². The van der Waals surface area contributed by atoms with Crippen LogP contribution in [0.15, 0.2) is 0 Å². The molecular formula is C14H24N4O3. The van der Waals surface area contributed by atoms with Crippen molar-refractivity contribution < 1.29 is 14.4 Å². The molecule has 7 nitrogen and oxygen atoms in total. The summed E-state index contributed by atoms with van der Waals surface area (Å²) in [6.45, 7) is 7.08. The summed E-state index contributed by atoms with van der Waals surface area (Å²) in [5.41, 5.74) is 0. The number of hydrogen-bond acceptors (Lipinski definition) is 4. The molecule has 118 valence electrons. The molecule has 2 heterocycles. The van der Waals surface area contributed by atoms with Crippen molar-refractivity contribution in [2.45, 2.75) is 26.3 Å². The van der Waals surface area contributed by atoms with E-state index in [2.05, 4.69) is 17.6 Å². The first-order chi connectivity index (χ1) is 10.0. The minimum atomic E-state index is -0.576. The van der Waals surface area contributed by atoms with Gasteiger partial charge in [-0.3, -0.25) is 14.4 Å². The van der Waals surface area contributed by atoms with Crippen LogP contribution in [-0.2, 0) is 14.4 Å². The smallest absolute Gasteiger partial charge is 0.312 e. The molecule has 0 aliphatic carbocycles. The summed E-state index contributed by atoms with van der Waals surface area (Å²) in [5, 5.41) is 6.20. The molecular weight excluding hydrogens is 272 g/mol. The van der Waals surface area contributed by atoms with Gasteiger partial charge in [-0.1, -0.05) is 6.92 Å². The molecule has 2 unspecified atom stereocenters. The number of hydrogen-bond donors (Lipinski definition) is 2. The highest BCUT2D eigenvalue weighted by molar-refractivity contribution is 6.35. The van der Waals surface area contributed by atoms with E-state index >= 15 is 0 Å². The molecule has 2 saturated heterocycles. The molecule has 2 aliphatic heterocycles. The third-order valence-corrected chi connectivity index (χ3v) is 4.29. The molecule has 0 aromatic carbocycles. The summed E-state index contributed by atoms with van der Waals surface area (Å²) >= 11 is 0. The maximum absolute atomic E-state index is 12.1. The van der Waals surface area contributed by atoms with Gasteiger partial charge in [0.15, 0.2) is 0 Å². The summed E-state index contributed by atoms with van der Waals surface area (Å²) in [7, 11) is 0. The van der Waals surface area contributed by atoms with E-state index in [0.29, 0.717) is 25.6 Å². The fourth-order valence-corrected chi connectivity index (χ4v) is 2.78. The molecule has 3 amide bonds. The summed E-state index contributed by atoms with van der Waals surface area (Å²) in [6.07, 6.45) is 1.03. The second-order valence-electron chi connectivity index (χ2n) is 5.76. The molecule has 21 heavy (non-hydrogen) atoms. The average Bonchev–Trinajstić information content (AvgIpc) is 2.47. The monoisotopic (exact) mass is 296 g/mol. The van der Waals surface area contributed by atoms with Crippen LogP contribution in [0.4, 0.5) is 0 Å². The van der Waals surface area contributed by atoms with Crippen molar-refractivity contribution in [3.05, 3.63) is 0 Å². The maximum atomic E-state index is 12.1. The first-order valence-electron chi connectivity index (χ1n) is 7.61. The highest BCUT2D eigenvalue weighted by atomic mass is 16.2. The zero-order chi connectivity index (χ0) is 15.4.